The van der Waals surface area contributed by atoms with Gasteiger partial charge in [-0.2, -0.15) is 5.21 Å². The summed E-state index contributed by atoms with van der Waals surface area (Å²) in [6.07, 6.45) is 0. The Balaban J connectivity index is 1.62. The Bertz CT molecular complexity index is 1290. The van der Waals surface area contributed by atoms with Crippen LogP contribution in [-0.4, -0.2) is 32.6 Å². The molecule has 4 aromatic rings. The van der Waals surface area contributed by atoms with Crippen LogP contribution in [0.2, 0.25) is 15.1 Å². The Morgan fingerprint density at radius 1 is 0.818 bits per heavy atom. The minimum Gasteiger partial charge on any atom is -0.322 e. The Morgan fingerprint density at radius 2 is 1.52 bits per heavy atom. The molecule has 0 aliphatic heterocycles. The van der Waals surface area contributed by atoms with Gasteiger partial charge in [-0.3, -0.25) is 4.79 Å². The molecule has 166 valence electrons. The largest absolute Gasteiger partial charge is 0.323 e. The van der Waals surface area contributed by atoms with Crippen LogP contribution in [0.15, 0.2) is 60.7 Å². The highest BCUT2D eigenvalue weighted by Gasteiger charge is 2.18. The number of H-pyrrole nitrogens is 1. The first-order chi connectivity index (χ1) is 15.9. The third-order valence-electron chi connectivity index (χ3n) is 4.33. The first-order valence-corrected chi connectivity index (χ1v) is 10.5. The van der Waals surface area contributed by atoms with Crippen LogP contribution < -0.4 is 16.0 Å². The Morgan fingerprint density at radius 3 is 2.18 bits per heavy atom. The van der Waals surface area contributed by atoms with Gasteiger partial charge >= 0.3 is 6.03 Å². The highest BCUT2D eigenvalue weighted by molar-refractivity contribution is 6.36. The van der Waals surface area contributed by atoms with Gasteiger partial charge in [0, 0.05) is 27.0 Å². The van der Waals surface area contributed by atoms with E-state index in [-0.39, 0.29) is 22.4 Å². The van der Waals surface area contributed by atoms with Gasteiger partial charge in [-0.15, -0.1) is 10.2 Å². The molecule has 1 heterocycles. The predicted molar refractivity (Wildman–Crippen MR) is 128 cm³/mol. The van der Waals surface area contributed by atoms with E-state index in [4.69, 9.17) is 34.8 Å². The summed E-state index contributed by atoms with van der Waals surface area (Å²) in [4.78, 5) is 25.2. The first kappa shape index (κ1) is 22.5. The fourth-order valence-electron chi connectivity index (χ4n) is 2.95. The van der Waals surface area contributed by atoms with E-state index in [1.54, 1.807) is 36.4 Å². The fourth-order valence-corrected chi connectivity index (χ4v) is 3.75. The van der Waals surface area contributed by atoms with Gasteiger partial charge in [-0.25, -0.2) is 4.79 Å². The number of nitrogens with zero attached hydrogens (tertiary/aromatic N) is 3. The molecule has 12 heteroatoms. The second-order valence-electron chi connectivity index (χ2n) is 6.67. The molecule has 33 heavy (non-hydrogen) atoms. The molecular formula is C21H14Cl3N7O2. The lowest BCUT2D eigenvalue weighted by Crippen LogP contribution is -2.20. The average molecular weight is 503 g/mol. The lowest BCUT2D eigenvalue weighted by molar-refractivity contribution is 0.102. The van der Waals surface area contributed by atoms with Crippen LogP contribution in [0.3, 0.4) is 0 Å². The maximum Gasteiger partial charge on any atom is 0.323 e. The van der Waals surface area contributed by atoms with Gasteiger partial charge in [0.1, 0.15) is 0 Å². The Labute approximate surface area is 202 Å². The van der Waals surface area contributed by atoms with E-state index < -0.39 is 6.03 Å². The van der Waals surface area contributed by atoms with Crippen molar-refractivity contribution in [2.45, 2.75) is 0 Å². The third kappa shape index (κ3) is 5.58. The SMILES string of the molecule is O=C(Nc1cc(Cl)cc(Cl)c1)Nc1c(Cl)cc(NC(=O)c2ccccc2)cc1-c1nn[nH]n1. The number of benzene rings is 3. The summed E-state index contributed by atoms with van der Waals surface area (Å²) in [5.41, 5.74) is 1.77. The molecule has 0 unspecified atom stereocenters. The number of hydrogen-bond donors (Lipinski definition) is 4. The topological polar surface area (TPSA) is 125 Å². The molecule has 3 aromatic carbocycles. The van der Waals surface area contributed by atoms with Crippen molar-refractivity contribution in [2.75, 3.05) is 16.0 Å². The Hall–Kier alpha value is -3.66. The standard InChI is InChI=1S/C21H14Cl3N7O2/c22-12-6-13(23)8-14(7-12)26-21(33)27-18-16(19-28-30-31-29-19)9-15(10-17(18)24)25-20(32)11-4-2-1-3-5-11/h1-10H,(H,25,32)(H2,26,27,33)(H,28,29,30,31). The fraction of sp³-hybridized carbons (Fsp3) is 0. The van der Waals surface area contributed by atoms with Crippen molar-refractivity contribution >= 4 is 63.8 Å². The number of carbonyl (C=O) groups excluding carboxylic acids is 2. The molecule has 3 amide bonds. The summed E-state index contributed by atoms with van der Waals surface area (Å²) in [5, 5.41) is 22.7. The van der Waals surface area contributed by atoms with Crippen molar-refractivity contribution in [3.63, 3.8) is 0 Å². The zero-order valence-corrected chi connectivity index (χ0v) is 18.8. The molecule has 0 spiro atoms. The number of halogens is 3. The van der Waals surface area contributed by atoms with Gasteiger partial charge in [-0.1, -0.05) is 53.0 Å². The summed E-state index contributed by atoms with van der Waals surface area (Å²) in [6, 6.07) is 15.8. The van der Waals surface area contributed by atoms with Crippen molar-refractivity contribution in [2.24, 2.45) is 0 Å². The molecule has 0 bridgehead atoms. The van der Waals surface area contributed by atoms with Gasteiger partial charge in [0.2, 0.25) is 5.82 Å². The molecule has 0 saturated carbocycles. The number of hydrogen-bond acceptors (Lipinski definition) is 5. The average Bonchev–Trinajstić information content (AvgIpc) is 3.30. The smallest absolute Gasteiger partial charge is 0.322 e. The van der Waals surface area contributed by atoms with Crippen LogP contribution >= 0.6 is 34.8 Å². The van der Waals surface area contributed by atoms with E-state index in [1.807, 2.05) is 6.07 Å². The predicted octanol–water partition coefficient (Wildman–Crippen LogP) is 5.72. The van der Waals surface area contributed by atoms with E-state index in [0.29, 0.717) is 32.5 Å². The molecule has 9 nitrogen and oxygen atoms in total. The highest BCUT2D eigenvalue weighted by Crippen LogP contribution is 2.36. The minimum atomic E-state index is -0.610. The van der Waals surface area contributed by atoms with Gasteiger partial charge in [0.15, 0.2) is 0 Å². The number of urea groups is 1. The van der Waals surface area contributed by atoms with Crippen molar-refractivity contribution in [1.82, 2.24) is 20.6 Å². The lowest BCUT2D eigenvalue weighted by atomic mass is 10.1. The van der Waals surface area contributed by atoms with Crippen LogP contribution in [0.5, 0.6) is 0 Å². The number of tetrazole rings is 1. The molecule has 0 fully saturated rings. The molecule has 1 aromatic heterocycles. The molecule has 0 aliphatic rings. The molecule has 0 saturated heterocycles. The van der Waals surface area contributed by atoms with Crippen molar-refractivity contribution in [1.29, 1.82) is 0 Å². The Kier molecular flexibility index (Phi) is 6.74. The number of amides is 3. The lowest BCUT2D eigenvalue weighted by Gasteiger charge is -2.15. The number of rotatable bonds is 5. The molecule has 0 atom stereocenters. The zero-order chi connectivity index (χ0) is 23.4. The van der Waals surface area contributed by atoms with Crippen LogP contribution in [0.25, 0.3) is 11.4 Å². The van der Waals surface area contributed by atoms with Crippen LogP contribution in [0.1, 0.15) is 10.4 Å². The number of anilines is 3. The number of nitrogens with one attached hydrogen (secondary N) is 4. The minimum absolute atomic E-state index is 0.139. The number of aromatic nitrogens is 4. The highest BCUT2D eigenvalue weighted by atomic mass is 35.5. The van der Waals surface area contributed by atoms with Gasteiger partial charge in [0.05, 0.1) is 16.3 Å². The van der Waals surface area contributed by atoms with Crippen LogP contribution in [0.4, 0.5) is 21.9 Å². The van der Waals surface area contributed by atoms with E-state index in [9.17, 15) is 9.59 Å². The van der Waals surface area contributed by atoms with E-state index in [0.717, 1.165) is 0 Å². The second-order valence-corrected chi connectivity index (χ2v) is 7.95. The summed E-state index contributed by atoms with van der Waals surface area (Å²) < 4.78 is 0. The first-order valence-electron chi connectivity index (χ1n) is 9.37. The summed E-state index contributed by atoms with van der Waals surface area (Å²) in [6.45, 7) is 0. The van der Waals surface area contributed by atoms with E-state index in [1.165, 1.54) is 18.2 Å². The molecule has 4 rings (SSSR count). The summed E-state index contributed by atoms with van der Waals surface area (Å²) in [5.74, 6) is -0.171. The summed E-state index contributed by atoms with van der Waals surface area (Å²) >= 11 is 18.4. The normalized spacial score (nSPS) is 10.5. The van der Waals surface area contributed by atoms with Crippen LogP contribution in [0, 0.1) is 0 Å². The van der Waals surface area contributed by atoms with E-state index in [2.05, 4.69) is 36.6 Å². The third-order valence-corrected chi connectivity index (χ3v) is 5.06. The van der Waals surface area contributed by atoms with Crippen LogP contribution in [-0.2, 0) is 0 Å². The van der Waals surface area contributed by atoms with Gasteiger partial charge < -0.3 is 16.0 Å². The second kappa shape index (κ2) is 9.86. The monoisotopic (exact) mass is 501 g/mol. The van der Waals surface area contributed by atoms with Crippen molar-refractivity contribution < 1.29 is 9.59 Å². The zero-order valence-electron chi connectivity index (χ0n) is 16.6. The molecular weight excluding hydrogens is 489 g/mol. The van der Waals surface area contributed by atoms with E-state index >= 15 is 0 Å². The number of aromatic amines is 1. The quantitative estimate of drug-likeness (QED) is 0.278. The molecule has 0 radical (unpaired) electrons. The number of carbonyl (C=O) groups is 2. The summed E-state index contributed by atoms with van der Waals surface area (Å²) in [7, 11) is 0. The van der Waals surface area contributed by atoms with Gasteiger partial charge in [0.25, 0.3) is 5.91 Å². The van der Waals surface area contributed by atoms with Crippen molar-refractivity contribution in [3.8, 4) is 11.4 Å². The molecule has 0 aliphatic carbocycles. The maximum absolute atomic E-state index is 12.6. The van der Waals surface area contributed by atoms with Gasteiger partial charge in [-0.05, 0) is 47.7 Å². The maximum atomic E-state index is 12.6. The van der Waals surface area contributed by atoms with Crippen molar-refractivity contribution in [3.05, 3.63) is 81.3 Å². The molecule has 4 N–H and O–H groups in total.